The minimum absolute atomic E-state index is 0.129. The number of benzene rings is 3. The summed E-state index contributed by atoms with van der Waals surface area (Å²) < 4.78 is 13.0. The largest absolute Gasteiger partial charge is 0.494 e. The molecule has 4 aromatic rings. The first-order valence-corrected chi connectivity index (χ1v) is 11.5. The zero-order valence-electron chi connectivity index (χ0n) is 19.8. The first-order chi connectivity index (χ1) is 17.1. The monoisotopic (exact) mass is 468 g/mol. The molecule has 0 spiro atoms. The lowest BCUT2D eigenvalue weighted by Crippen LogP contribution is -2.24. The Morgan fingerprint density at radius 2 is 1.66 bits per heavy atom. The van der Waals surface area contributed by atoms with E-state index in [1.54, 1.807) is 10.9 Å². The third-order valence-electron chi connectivity index (χ3n) is 5.15. The van der Waals surface area contributed by atoms with Gasteiger partial charge in [-0.25, -0.2) is 10.1 Å². The second-order valence-corrected chi connectivity index (χ2v) is 7.98. The van der Waals surface area contributed by atoms with Crippen LogP contribution in [0.1, 0.15) is 24.5 Å². The maximum Gasteiger partial charge on any atom is 0.277 e. The van der Waals surface area contributed by atoms with Crippen molar-refractivity contribution in [2.45, 2.75) is 20.3 Å². The Bertz CT molecular complexity index is 1260. The van der Waals surface area contributed by atoms with Gasteiger partial charge in [-0.3, -0.25) is 4.79 Å². The Hall–Kier alpha value is -4.39. The number of hydrazone groups is 1. The van der Waals surface area contributed by atoms with Crippen LogP contribution < -0.4 is 14.9 Å². The number of amides is 1. The fourth-order valence-electron chi connectivity index (χ4n) is 3.34. The van der Waals surface area contributed by atoms with E-state index in [0.29, 0.717) is 12.4 Å². The molecule has 178 valence electrons. The Morgan fingerprint density at radius 1 is 0.971 bits per heavy atom. The predicted molar refractivity (Wildman–Crippen MR) is 137 cm³/mol. The van der Waals surface area contributed by atoms with Gasteiger partial charge in [0.15, 0.2) is 6.61 Å². The molecule has 3 aromatic carbocycles. The molecule has 0 aliphatic rings. The highest BCUT2D eigenvalue weighted by Crippen LogP contribution is 2.25. The van der Waals surface area contributed by atoms with E-state index in [1.165, 1.54) is 0 Å². The highest BCUT2D eigenvalue weighted by atomic mass is 16.5. The van der Waals surface area contributed by atoms with Crippen molar-refractivity contribution in [1.29, 1.82) is 0 Å². The average Bonchev–Trinajstić information content (AvgIpc) is 3.32. The normalized spacial score (nSPS) is 10.9. The molecular formula is C28H28N4O3. The van der Waals surface area contributed by atoms with E-state index in [4.69, 9.17) is 14.6 Å². The zero-order valence-corrected chi connectivity index (χ0v) is 19.8. The topological polar surface area (TPSA) is 77.7 Å². The lowest BCUT2D eigenvalue weighted by Gasteiger charge is -2.06. The highest BCUT2D eigenvalue weighted by Gasteiger charge is 2.12. The molecule has 0 saturated heterocycles. The molecule has 0 aliphatic carbocycles. The first-order valence-electron chi connectivity index (χ1n) is 11.5. The molecule has 7 nitrogen and oxygen atoms in total. The van der Waals surface area contributed by atoms with Crippen molar-refractivity contribution < 1.29 is 14.3 Å². The number of ether oxygens (including phenoxy) is 2. The summed E-state index contributed by atoms with van der Waals surface area (Å²) in [6.45, 7) is 4.61. The number of nitrogens with one attached hydrogen (secondary N) is 1. The van der Waals surface area contributed by atoms with Gasteiger partial charge in [-0.2, -0.15) is 10.2 Å². The molecule has 0 saturated carbocycles. The number of nitrogens with zero attached hydrogens (tertiary/aromatic N) is 3. The second kappa shape index (κ2) is 11.7. The maximum atomic E-state index is 12.2. The number of aryl methyl sites for hydroxylation is 1. The summed E-state index contributed by atoms with van der Waals surface area (Å²) in [5.74, 6) is 1.10. The minimum Gasteiger partial charge on any atom is -0.494 e. The number of carbonyl (C=O) groups is 1. The van der Waals surface area contributed by atoms with Crippen molar-refractivity contribution in [2.75, 3.05) is 13.2 Å². The van der Waals surface area contributed by atoms with Gasteiger partial charge in [-0.15, -0.1) is 0 Å². The fraction of sp³-hybridized carbons (Fsp3) is 0.179. The van der Waals surface area contributed by atoms with Gasteiger partial charge in [0.25, 0.3) is 5.91 Å². The second-order valence-electron chi connectivity index (χ2n) is 7.98. The SMILES string of the molecule is CCCOc1ccc(-c2nn(-c3ccccc3)cc2/C=N/NC(=O)COc2ccc(C)cc2)cc1. The van der Waals surface area contributed by atoms with Crippen LogP contribution in [0.2, 0.25) is 0 Å². The summed E-state index contributed by atoms with van der Waals surface area (Å²) >= 11 is 0. The van der Waals surface area contributed by atoms with E-state index in [1.807, 2.05) is 92.0 Å². The van der Waals surface area contributed by atoms with Crippen molar-refractivity contribution in [1.82, 2.24) is 15.2 Å². The lowest BCUT2D eigenvalue weighted by atomic mass is 10.1. The van der Waals surface area contributed by atoms with Crippen LogP contribution in [0.3, 0.4) is 0 Å². The van der Waals surface area contributed by atoms with Gasteiger partial charge in [-0.05, 0) is 61.9 Å². The smallest absolute Gasteiger partial charge is 0.277 e. The van der Waals surface area contributed by atoms with Crippen LogP contribution in [0.15, 0.2) is 90.2 Å². The van der Waals surface area contributed by atoms with Crippen LogP contribution in [0.25, 0.3) is 16.9 Å². The molecule has 0 aliphatic heterocycles. The summed E-state index contributed by atoms with van der Waals surface area (Å²) in [6.07, 6.45) is 4.42. The Kier molecular flexibility index (Phi) is 7.91. The number of rotatable bonds is 10. The predicted octanol–water partition coefficient (Wildman–Crippen LogP) is 5.17. The number of para-hydroxylation sites is 1. The van der Waals surface area contributed by atoms with E-state index < -0.39 is 0 Å². The summed E-state index contributed by atoms with van der Waals surface area (Å²) in [4.78, 5) is 12.2. The van der Waals surface area contributed by atoms with Crippen molar-refractivity contribution >= 4 is 12.1 Å². The molecule has 0 unspecified atom stereocenters. The molecule has 1 N–H and O–H groups in total. The van der Waals surface area contributed by atoms with Crippen LogP contribution in [-0.2, 0) is 4.79 Å². The van der Waals surface area contributed by atoms with E-state index in [0.717, 1.165) is 40.2 Å². The molecule has 35 heavy (non-hydrogen) atoms. The lowest BCUT2D eigenvalue weighted by molar-refractivity contribution is -0.123. The van der Waals surface area contributed by atoms with Crippen LogP contribution >= 0.6 is 0 Å². The first kappa shape index (κ1) is 23.8. The molecule has 0 radical (unpaired) electrons. The van der Waals surface area contributed by atoms with Crippen molar-refractivity contribution in [3.8, 4) is 28.4 Å². The fourth-order valence-corrected chi connectivity index (χ4v) is 3.34. The van der Waals surface area contributed by atoms with Crippen molar-refractivity contribution in [3.05, 3.63) is 96.2 Å². The van der Waals surface area contributed by atoms with Crippen molar-refractivity contribution in [2.24, 2.45) is 5.10 Å². The van der Waals surface area contributed by atoms with Crippen LogP contribution in [0.5, 0.6) is 11.5 Å². The zero-order chi connectivity index (χ0) is 24.5. The average molecular weight is 469 g/mol. The summed E-state index contributed by atoms with van der Waals surface area (Å²) in [5.41, 5.74) is 6.99. The molecule has 1 amide bonds. The van der Waals surface area contributed by atoms with Gasteiger partial charge >= 0.3 is 0 Å². The molecule has 1 aromatic heterocycles. The Labute approximate surface area is 205 Å². The van der Waals surface area contributed by atoms with Gasteiger partial charge in [0, 0.05) is 17.3 Å². The van der Waals surface area contributed by atoms with Gasteiger partial charge in [0.1, 0.15) is 17.2 Å². The van der Waals surface area contributed by atoms with E-state index >= 15 is 0 Å². The standard InChI is InChI=1S/C28H28N4O3/c1-3-17-34-25-15-11-22(12-16-25)28-23(19-32(31-28)24-7-5-4-6-8-24)18-29-30-27(33)20-35-26-13-9-21(2)10-14-26/h4-16,18-19H,3,17,20H2,1-2H3,(H,30,33)/b29-18+. The molecule has 4 rings (SSSR count). The third-order valence-corrected chi connectivity index (χ3v) is 5.15. The third kappa shape index (κ3) is 6.57. The molecule has 0 fully saturated rings. The number of aromatic nitrogens is 2. The summed E-state index contributed by atoms with van der Waals surface area (Å²) in [5, 5.41) is 8.91. The maximum absolute atomic E-state index is 12.2. The van der Waals surface area contributed by atoms with Gasteiger partial charge in [0.05, 0.1) is 18.5 Å². The molecule has 0 bridgehead atoms. The van der Waals surface area contributed by atoms with E-state index in [-0.39, 0.29) is 12.5 Å². The van der Waals surface area contributed by atoms with Crippen LogP contribution in [0, 0.1) is 6.92 Å². The quantitative estimate of drug-likeness (QED) is 0.257. The highest BCUT2D eigenvalue weighted by molar-refractivity contribution is 5.89. The summed E-state index contributed by atoms with van der Waals surface area (Å²) in [6, 6.07) is 25.1. The van der Waals surface area contributed by atoms with E-state index in [2.05, 4.69) is 17.5 Å². The number of hydrogen-bond donors (Lipinski definition) is 1. The summed E-state index contributed by atoms with van der Waals surface area (Å²) in [7, 11) is 0. The molecule has 0 atom stereocenters. The van der Waals surface area contributed by atoms with Gasteiger partial charge in [0.2, 0.25) is 0 Å². The van der Waals surface area contributed by atoms with Crippen molar-refractivity contribution in [3.63, 3.8) is 0 Å². The van der Waals surface area contributed by atoms with Gasteiger partial charge in [-0.1, -0.05) is 42.8 Å². The number of carbonyl (C=O) groups excluding carboxylic acids is 1. The van der Waals surface area contributed by atoms with E-state index in [9.17, 15) is 4.79 Å². The van der Waals surface area contributed by atoms with Crippen LogP contribution in [-0.4, -0.2) is 35.1 Å². The molecule has 7 heteroatoms. The van der Waals surface area contributed by atoms with Crippen LogP contribution in [0.4, 0.5) is 0 Å². The minimum atomic E-state index is -0.351. The Morgan fingerprint density at radius 3 is 2.37 bits per heavy atom. The molecular weight excluding hydrogens is 440 g/mol. The molecule has 1 heterocycles. The van der Waals surface area contributed by atoms with Gasteiger partial charge < -0.3 is 9.47 Å². The number of hydrogen-bond acceptors (Lipinski definition) is 5. The Balaban J connectivity index is 1.49.